The van der Waals surface area contributed by atoms with Crippen LogP contribution >= 0.6 is 32.6 Å². The zero-order valence-corrected chi connectivity index (χ0v) is 28.4. The van der Waals surface area contributed by atoms with E-state index >= 15 is 0 Å². The van der Waals surface area contributed by atoms with Crippen molar-refractivity contribution in [1.29, 1.82) is 0 Å². The molecule has 1 rings (SSSR count). The standard InChI is InChI=1S/C34H63P.HI/c1-5-8-11-14-17-20-23-26-31-29-30-34(35-4)33(28-25-22-19-16-13-10-7-3)32(31)27-24-21-18-15-12-9-6-2;/h29-30,35H,5-28H2,1-4H3;1H. The molecule has 1 unspecified atom stereocenters. The number of hydrogen-bond donors (Lipinski definition) is 0. The number of aryl methyl sites for hydroxylation is 1. The van der Waals surface area contributed by atoms with Gasteiger partial charge >= 0.3 is 0 Å². The minimum Gasteiger partial charge on any atom is -0.107 e. The van der Waals surface area contributed by atoms with Crippen molar-refractivity contribution in [2.75, 3.05) is 6.66 Å². The highest BCUT2D eigenvalue weighted by atomic mass is 127. The smallest absolute Gasteiger partial charge is 0.0239 e. The van der Waals surface area contributed by atoms with Gasteiger partial charge in [0.05, 0.1) is 0 Å². The second-order valence-corrected chi connectivity index (χ2v) is 12.1. The normalized spacial score (nSPS) is 11.4. The highest BCUT2D eigenvalue weighted by Gasteiger charge is 2.13. The molecule has 1 atom stereocenters. The van der Waals surface area contributed by atoms with E-state index in [4.69, 9.17) is 0 Å². The summed E-state index contributed by atoms with van der Waals surface area (Å²) in [6.45, 7) is 9.36. The van der Waals surface area contributed by atoms with Gasteiger partial charge in [-0.05, 0) is 67.2 Å². The first-order valence-corrected chi connectivity index (χ1v) is 17.6. The summed E-state index contributed by atoms with van der Waals surface area (Å²) < 4.78 is 0. The summed E-state index contributed by atoms with van der Waals surface area (Å²) in [7, 11) is 0.941. The summed E-state index contributed by atoms with van der Waals surface area (Å²) in [6.07, 6.45) is 33.7. The van der Waals surface area contributed by atoms with Gasteiger partial charge < -0.3 is 0 Å². The van der Waals surface area contributed by atoms with E-state index in [0.717, 1.165) is 8.58 Å². The number of unbranched alkanes of at least 4 members (excludes halogenated alkanes) is 18. The molecule has 1 aromatic carbocycles. The summed E-state index contributed by atoms with van der Waals surface area (Å²) >= 11 is 0. The zero-order valence-electron chi connectivity index (χ0n) is 25.0. The van der Waals surface area contributed by atoms with E-state index in [1.165, 1.54) is 154 Å². The van der Waals surface area contributed by atoms with Crippen LogP contribution in [-0.4, -0.2) is 6.66 Å². The van der Waals surface area contributed by atoms with Gasteiger partial charge in [0, 0.05) is 0 Å². The molecule has 0 amide bonds. The highest BCUT2D eigenvalue weighted by Crippen LogP contribution is 2.25. The minimum absolute atomic E-state index is 0. The third-order valence-electron chi connectivity index (χ3n) is 7.91. The van der Waals surface area contributed by atoms with Crippen molar-refractivity contribution in [3.8, 4) is 0 Å². The molecule has 212 valence electrons. The zero-order chi connectivity index (χ0) is 25.4. The van der Waals surface area contributed by atoms with E-state index in [9.17, 15) is 0 Å². The van der Waals surface area contributed by atoms with Gasteiger partial charge in [0.2, 0.25) is 0 Å². The topological polar surface area (TPSA) is 0 Å². The van der Waals surface area contributed by atoms with Crippen molar-refractivity contribution in [3.05, 3.63) is 28.8 Å². The van der Waals surface area contributed by atoms with Crippen LogP contribution in [-0.2, 0) is 19.3 Å². The lowest BCUT2D eigenvalue weighted by atomic mass is 9.90. The predicted molar refractivity (Wildman–Crippen MR) is 181 cm³/mol. The summed E-state index contributed by atoms with van der Waals surface area (Å²) in [6, 6.07) is 5.05. The highest BCUT2D eigenvalue weighted by molar-refractivity contribution is 14.0. The van der Waals surface area contributed by atoms with Crippen LogP contribution in [0.3, 0.4) is 0 Å². The Bertz CT molecular complexity index is 597. The Balaban J connectivity index is 0.0000122. The number of halogens is 1. The van der Waals surface area contributed by atoms with Crippen molar-refractivity contribution < 1.29 is 0 Å². The van der Waals surface area contributed by atoms with Crippen molar-refractivity contribution in [2.24, 2.45) is 0 Å². The van der Waals surface area contributed by atoms with Gasteiger partial charge in [0.25, 0.3) is 0 Å². The molecular weight excluding hydrogens is 566 g/mol. The Labute approximate surface area is 247 Å². The molecule has 2 heteroatoms. The molecule has 0 saturated carbocycles. The lowest BCUT2D eigenvalue weighted by Crippen LogP contribution is -2.12. The fraction of sp³-hybridized carbons (Fsp3) is 0.824. The summed E-state index contributed by atoms with van der Waals surface area (Å²) in [5.41, 5.74) is 5.29. The number of rotatable bonds is 25. The minimum atomic E-state index is 0. The van der Waals surface area contributed by atoms with Gasteiger partial charge in [-0.3, -0.25) is 0 Å². The van der Waals surface area contributed by atoms with Crippen molar-refractivity contribution in [1.82, 2.24) is 0 Å². The van der Waals surface area contributed by atoms with Crippen molar-refractivity contribution >= 4 is 37.9 Å². The van der Waals surface area contributed by atoms with E-state index in [1.54, 1.807) is 22.0 Å². The van der Waals surface area contributed by atoms with E-state index in [-0.39, 0.29) is 24.0 Å². The van der Waals surface area contributed by atoms with E-state index in [0.29, 0.717) is 0 Å². The van der Waals surface area contributed by atoms with Crippen LogP contribution in [0.1, 0.15) is 172 Å². The second-order valence-electron chi connectivity index (χ2n) is 11.1. The lowest BCUT2D eigenvalue weighted by Gasteiger charge is -2.19. The Morgan fingerprint density at radius 2 is 0.806 bits per heavy atom. The molecule has 0 spiro atoms. The van der Waals surface area contributed by atoms with Crippen LogP contribution in [0, 0.1) is 0 Å². The maximum Gasteiger partial charge on any atom is -0.0239 e. The molecule has 0 heterocycles. The largest absolute Gasteiger partial charge is 0.107 e. The Hall–Kier alpha value is 0.380. The van der Waals surface area contributed by atoms with E-state index in [2.05, 4.69) is 39.6 Å². The van der Waals surface area contributed by atoms with Crippen molar-refractivity contribution in [3.63, 3.8) is 0 Å². The van der Waals surface area contributed by atoms with Gasteiger partial charge in [-0.1, -0.05) is 157 Å². The summed E-state index contributed by atoms with van der Waals surface area (Å²) in [5, 5.41) is 1.68. The molecule has 0 aliphatic heterocycles. The second kappa shape index (κ2) is 27.0. The Kier molecular flexibility index (Phi) is 27.3. The molecule has 0 aromatic heterocycles. The number of hydrogen-bond acceptors (Lipinski definition) is 0. The fourth-order valence-corrected chi connectivity index (χ4v) is 6.42. The quantitative estimate of drug-likeness (QED) is 0.0573. The van der Waals surface area contributed by atoms with Crippen LogP contribution in [0.2, 0.25) is 0 Å². The van der Waals surface area contributed by atoms with Crippen molar-refractivity contribution in [2.45, 2.75) is 175 Å². The average molecular weight is 631 g/mol. The maximum absolute atomic E-state index is 2.54. The first-order valence-electron chi connectivity index (χ1n) is 16.1. The molecule has 0 radical (unpaired) electrons. The molecule has 0 bridgehead atoms. The predicted octanol–water partition coefficient (Wildman–Crippen LogP) is 12.1. The van der Waals surface area contributed by atoms with Gasteiger partial charge in [-0.25, -0.2) is 0 Å². The third kappa shape index (κ3) is 17.8. The summed E-state index contributed by atoms with van der Waals surface area (Å²) in [4.78, 5) is 0. The van der Waals surface area contributed by atoms with Gasteiger partial charge in [-0.15, -0.1) is 24.0 Å². The molecule has 1 aromatic rings. The molecule has 0 nitrogen and oxygen atoms in total. The SMILES string of the molecule is CCCCCCCCCc1ccc(PC)c(CCCCCCCCC)c1CCCCCCCCC.I. The fourth-order valence-electron chi connectivity index (χ4n) is 5.60. The molecule has 0 fully saturated rings. The summed E-state index contributed by atoms with van der Waals surface area (Å²) in [5.74, 6) is 0. The molecule has 36 heavy (non-hydrogen) atoms. The van der Waals surface area contributed by atoms with Gasteiger partial charge in [0.15, 0.2) is 0 Å². The van der Waals surface area contributed by atoms with E-state index in [1.807, 2.05) is 0 Å². The van der Waals surface area contributed by atoms with Crippen LogP contribution in [0.5, 0.6) is 0 Å². The lowest BCUT2D eigenvalue weighted by molar-refractivity contribution is 0.579. The molecule has 0 saturated heterocycles. The molecule has 0 aliphatic carbocycles. The first kappa shape index (κ1) is 36.4. The molecular formula is C34H64IP. The molecule has 0 aliphatic rings. The first-order chi connectivity index (χ1) is 17.3. The maximum atomic E-state index is 2.54. The van der Waals surface area contributed by atoms with Crippen LogP contribution in [0.25, 0.3) is 0 Å². The van der Waals surface area contributed by atoms with Gasteiger partial charge in [0.1, 0.15) is 0 Å². The Morgan fingerprint density at radius 3 is 1.22 bits per heavy atom. The monoisotopic (exact) mass is 630 g/mol. The van der Waals surface area contributed by atoms with Gasteiger partial charge in [-0.2, -0.15) is 0 Å². The average Bonchev–Trinajstić information content (AvgIpc) is 2.87. The van der Waals surface area contributed by atoms with Crippen LogP contribution in [0.4, 0.5) is 0 Å². The van der Waals surface area contributed by atoms with Crippen LogP contribution < -0.4 is 5.30 Å². The number of benzene rings is 1. The third-order valence-corrected chi connectivity index (χ3v) is 8.91. The van der Waals surface area contributed by atoms with Crippen LogP contribution in [0.15, 0.2) is 12.1 Å². The van der Waals surface area contributed by atoms with E-state index < -0.39 is 0 Å². The molecule has 0 N–H and O–H groups in total. The Morgan fingerprint density at radius 1 is 0.444 bits per heavy atom.